The van der Waals surface area contributed by atoms with Crippen LogP contribution in [0.3, 0.4) is 0 Å². The van der Waals surface area contributed by atoms with Gasteiger partial charge in [-0.2, -0.15) is 0 Å². The van der Waals surface area contributed by atoms with E-state index in [2.05, 4.69) is 19.2 Å². The minimum absolute atomic E-state index is 0.236. The molecule has 0 aromatic rings. The highest BCUT2D eigenvalue weighted by atomic mass is 16.7. The smallest absolute Gasteiger partial charge is 0.220 e. The Hall–Kier alpha value is -1.27. The van der Waals surface area contributed by atoms with E-state index in [9.17, 15) is 45.6 Å². The van der Waals surface area contributed by atoms with Gasteiger partial charge < -0.3 is 65.1 Å². The number of unbranched alkanes of at least 4 members (excludes halogenated alkanes) is 29. The van der Waals surface area contributed by atoms with Gasteiger partial charge >= 0.3 is 0 Å². The van der Waals surface area contributed by atoms with E-state index in [0.29, 0.717) is 6.42 Å². The Morgan fingerprint density at radius 3 is 1.39 bits per heavy atom. The number of carbonyl (C=O) groups is 1. The highest BCUT2D eigenvalue weighted by molar-refractivity contribution is 5.76. The molecule has 0 aliphatic carbocycles. The van der Waals surface area contributed by atoms with E-state index >= 15 is 0 Å². The Balaban J connectivity index is 1.80. The average molecular weight is 946 g/mol. The first-order valence-electron chi connectivity index (χ1n) is 26.9. The Labute approximate surface area is 399 Å². The molecular weight excluding hydrogens is 847 g/mol. The lowest BCUT2D eigenvalue weighted by Gasteiger charge is -2.46. The predicted molar refractivity (Wildman–Crippen MR) is 259 cm³/mol. The maximum Gasteiger partial charge on any atom is 0.220 e. The predicted octanol–water partition coefficient (Wildman–Crippen LogP) is 7.55. The van der Waals surface area contributed by atoms with Crippen LogP contribution >= 0.6 is 0 Å². The molecule has 14 heteroatoms. The number of hydrogen-bond donors (Lipinski definition) is 9. The lowest BCUT2D eigenvalue weighted by Crippen LogP contribution is -2.65. The van der Waals surface area contributed by atoms with E-state index in [-0.39, 0.29) is 18.9 Å². The van der Waals surface area contributed by atoms with E-state index in [4.69, 9.17) is 18.9 Å². The van der Waals surface area contributed by atoms with Crippen LogP contribution in [0, 0.1) is 0 Å². The number of aliphatic hydroxyl groups is 8. The number of aliphatic hydroxyl groups excluding tert-OH is 8. The van der Waals surface area contributed by atoms with E-state index in [1.54, 1.807) is 6.08 Å². The maximum atomic E-state index is 13.2. The number of amides is 1. The standard InChI is InChI=1S/C52H99NO13/c1-3-5-7-9-11-13-15-17-18-19-20-21-22-24-26-28-30-32-34-36-44(57)53-40(41(56)35-33-31-29-27-25-23-16-14-12-10-8-6-4-2)39-63-51-49(62)47(60)50(43(38-55)65-51)66-52-48(61)46(59)45(58)42(37-54)64-52/h33,35,40-43,45-52,54-56,58-62H,3-32,34,36-39H2,1-2H3,(H,53,57)/b35-33+. The van der Waals surface area contributed by atoms with Crippen molar-refractivity contribution in [2.24, 2.45) is 0 Å². The average Bonchev–Trinajstić information content (AvgIpc) is 3.31. The van der Waals surface area contributed by atoms with Gasteiger partial charge in [0.1, 0.15) is 48.8 Å². The number of ether oxygens (including phenoxy) is 4. The van der Waals surface area contributed by atoms with Crippen molar-refractivity contribution in [2.75, 3.05) is 19.8 Å². The van der Waals surface area contributed by atoms with Crippen LogP contribution in [-0.4, -0.2) is 140 Å². The SMILES string of the molecule is CCCCCCCCCCCCC/C=C/C(O)C(COC1OC(CO)C(OC2OC(CO)C(O)C(O)C2O)C(O)C1O)NC(=O)CCCCCCCCCCCCCCCCCCCCC. The van der Waals surface area contributed by atoms with Crippen molar-refractivity contribution in [3.8, 4) is 0 Å². The summed E-state index contributed by atoms with van der Waals surface area (Å²) in [6, 6.07) is -0.907. The summed E-state index contributed by atoms with van der Waals surface area (Å²) >= 11 is 0. The Morgan fingerprint density at radius 1 is 0.530 bits per heavy atom. The van der Waals surface area contributed by atoms with E-state index in [1.165, 1.54) is 154 Å². The summed E-state index contributed by atoms with van der Waals surface area (Å²) in [7, 11) is 0. The fourth-order valence-electron chi connectivity index (χ4n) is 9.06. The topological polar surface area (TPSA) is 228 Å². The highest BCUT2D eigenvalue weighted by Crippen LogP contribution is 2.30. The number of nitrogens with one attached hydrogen (secondary N) is 1. The van der Waals surface area contributed by atoms with Gasteiger partial charge in [0, 0.05) is 6.42 Å². The molecule has 0 radical (unpaired) electrons. The summed E-state index contributed by atoms with van der Waals surface area (Å²) in [4.78, 5) is 13.2. The first-order chi connectivity index (χ1) is 32.1. The summed E-state index contributed by atoms with van der Waals surface area (Å²) in [5.41, 5.74) is 0. The van der Waals surface area contributed by atoms with Crippen molar-refractivity contribution in [3.63, 3.8) is 0 Å². The minimum atomic E-state index is -1.78. The van der Waals surface area contributed by atoms with E-state index in [1.807, 2.05) is 6.08 Å². The molecule has 2 rings (SSSR count). The van der Waals surface area contributed by atoms with Crippen molar-refractivity contribution >= 4 is 5.91 Å². The number of hydrogen-bond acceptors (Lipinski definition) is 13. The summed E-state index contributed by atoms with van der Waals surface area (Å²) in [6.45, 7) is 2.80. The third-order valence-corrected chi connectivity index (χ3v) is 13.5. The van der Waals surface area contributed by atoms with E-state index in [0.717, 1.165) is 38.5 Å². The quantitative estimate of drug-likeness (QED) is 0.0213. The van der Waals surface area contributed by atoms with Gasteiger partial charge in [-0.05, 0) is 19.3 Å². The van der Waals surface area contributed by atoms with Crippen molar-refractivity contribution in [3.05, 3.63) is 12.2 Å². The third-order valence-electron chi connectivity index (χ3n) is 13.5. The first kappa shape index (κ1) is 60.9. The molecule has 0 bridgehead atoms. The fraction of sp³-hybridized carbons (Fsp3) is 0.942. The molecule has 12 unspecified atom stereocenters. The van der Waals surface area contributed by atoms with Gasteiger partial charge in [0.2, 0.25) is 5.91 Å². The molecule has 1 amide bonds. The van der Waals surface area contributed by atoms with Gasteiger partial charge in [0.15, 0.2) is 12.6 Å². The fourth-order valence-corrected chi connectivity index (χ4v) is 9.06. The van der Waals surface area contributed by atoms with Crippen molar-refractivity contribution < 1.29 is 64.6 Å². The first-order valence-corrected chi connectivity index (χ1v) is 26.9. The number of rotatable bonds is 42. The van der Waals surface area contributed by atoms with Gasteiger partial charge in [0.05, 0.1) is 32.0 Å². The monoisotopic (exact) mass is 946 g/mol. The van der Waals surface area contributed by atoms with Gasteiger partial charge in [0.25, 0.3) is 0 Å². The van der Waals surface area contributed by atoms with Crippen molar-refractivity contribution in [1.82, 2.24) is 5.32 Å². The Morgan fingerprint density at radius 2 is 0.939 bits per heavy atom. The van der Waals surface area contributed by atoms with Crippen LogP contribution in [0.1, 0.15) is 219 Å². The zero-order chi connectivity index (χ0) is 48.2. The summed E-state index contributed by atoms with van der Waals surface area (Å²) in [6.07, 6.45) is 25.3. The summed E-state index contributed by atoms with van der Waals surface area (Å²) in [5, 5.41) is 86.8. The number of allylic oxidation sites excluding steroid dienone is 1. The molecule has 390 valence electrons. The van der Waals surface area contributed by atoms with Gasteiger partial charge in [-0.3, -0.25) is 4.79 Å². The maximum absolute atomic E-state index is 13.2. The molecule has 0 aromatic heterocycles. The summed E-state index contributed by atoms with van der Waals surface area (Å²) < 4.78 is 22.7. The van der Waals surface area contributed by atoms with Gasteiger partial charge in [-0.25, -0.2) is 0 Å². The number of carbonyl (C=O) groups excluding carboxylic acids is 1. The molecule has 0 saturated carbocycles. The molecule has 2 aliphatic heterocycles. The Kier molecular flexibility index (Phi) is 36.4. The summed E-state index contributed by atoms with van der Waals surface area (Å²) in [5.74, 6) is -0.236. The second kappa shape index (κ2) is 39.5. The molecule has 0 aromatic carbocycles. The highest BCUT2D eigenvalue weighted by Gasteiger charge is 2.51. The van der Waals surface area contributed by atoms with Crippen LogP contribution in [0.2, 0.25) is 0 Å². The molecule has 9 N–H and O–H groups in total. The van der Waals surface area contributed by atoms with Crippen LogP contribution in [0.4, 0.5) is 0 Å². The van der Waals surface area contributed by atoms with Crippen LogP contribution in [-0.2, 0) is 23.7 Å². The second-order valence-electron chi connectivity index (χ2n) is 19.4. The van der Waals surface area contributed by atoms with Crippen molar-refractivity contribution in [2.45, 2.75) is 293 Å². The molecule has 2 saturated heterocycles. The lowest BCUT2D eigenvalue weighted by atomic mass is 9.97. The van der Waals surface area contributed by atoms with Gasteiger partial charge in [-0.1, -0.05) is 206 Å². The zero-order valence-corrected chi connectivity index (χ0v) is 41.5. The molecule has 2 fully saturated rings. The largest absolute Gasteiger partial charge is 0.394 e. The van der Waals surface area contributed by atoms with Crippen LogP contribution in [0.5, 0.6) is 0 Å². The second-order valence-corrected chi connectivity index (χ2v) is 19.4. The zero-order valence-electron chi connectivity index (χ0n) is 41.5. The lowest BCUT2D eigenvalue weighted by molar-refractivity contribution is -0.359. The van der Waals surface area contributed by atoms with Crippen LogP contribution in [0.25, 0.3) is 0 Å². The molecule has 14 nitrogen and oxygen atoms in total. The Bertz CT molecular complexity index is 1160. The van der Waals surface area contributed by atoms with Crippen molar-refractivity contribution in [1.29, 1.82) is 0 Å². The molecule has 0 spiro atoms. The normalized spacial score (nSPS) is 26.8. The third kappa shape index (κ3) is 26.1. The van der Waals surface area contributed by atoms with Gasteiger partial charge in [-0.15, -0.1) is 0 Å². The molecular formula is C52H99NO13. The molecule has 12 atom stereocenters. The van der Waals surface area contributed by atoms with E-state index < -0.39 is 86.8 Å². The van der Waals surface area contributed by atoms with Crippen LogP contribution < -0.4 is 5.32 Å². The van der Waals surface area contributed by atoms with Crippen LogP contribution in [0.15, 0.2) is 12.2 Å². The molecule has 2 heterocycles. The minimum Gasteiger partial charge on any atom is -0.394 e. The molecule has 66 heavy (non-hydrogen) atoms. The molecule has 2 aliphatic rings.